The minimum atomic E-state index is 0.107. The van der Waals surface area contributed by atoms with E-state index in [1.165, 1.54) is 0 Å². The zero-order chi connectivity index (χ0) is 18.7. The smallest absolute Gasteiger partial charge is 0.137 e. The molecule has 4 heteroatoms. The lowest BCUT2D eigenvalue weighted by atomic mass is 10.1. The minimum absolute atomic E-state index is 0.107. The van der Waals surface area contributed by atoms with Gasteiger partial charge in [0.25, 0.3) is 0 Å². The van der Waals surface area contributed by atoms with E-state index in [0.717, 1.165) is 44.6 Å². The van der Waals surface area contributed by atoms with Crippen molar-refractivity contribution in [2.24, 2.45) is 0 Å². The van der Waals surface area contributed by atoms with Gasteiger partial charge >= 0.3 is 0 Å². The molecular formula is C23H19N3O. The van der Waals surface area contributed by atoms with Crippen LogP contribution in [0.2, 0.25) is 0 Å². The summed E-state index contributed by atoms with van der Waals surface area (Å²) in [6.45, 7) is 4.28. The zero-order valence-corrected chi connectivity index (χ0v) is 15.5. The van der Waals surface area contributed by atoms with E-state index in [1.54, 1.807) is 0 Å². The van der Waals surface area contributed by atoms with Gasteiger partial charge in [-0.15, -0.1) is 0 Å². The fraction of sp³-hybridized carbons (Fsp3) is 0.174. The number of hydrogen-bond acceptors (Lipinski definition) is 4. The van der Waals surface area contributed by atoms with Gasteiger partial charge in [-0.25, -0.2) is 0 Å². The Labute approximate surface area is 157 Å². The molecule has 3 aromatic carbocycles. The Hall–Kier alpha value is -3.45. The molecule has 4 aromatic rings. The fourth-order valence-electron chi connectivity index (χ4n) is 4.17. The lowest BCUT2D eigenvalue weighted by molar-refractivity contribution is 0.668. The van der Waals surface area contributed by atoms with Gasteiger partial charge in [0.05, 0.1) is 16.9 Å². The average molecular weight is 353 g/mol. The van der Waals surface area contributed by atoms with Gasteiger partial charge in [-0.2, -0.15) is 5.26 Å². The van der Waals surface area contributed by atoms with Gasteiger partial charge < -0.3 is 14.2 Å². The maximum absolute atomic E-state index is 9.66. The van der Waals surface area contributed by atoms with Crippen molar-refractivity contribution in [3.05, 3.63) is 65.7 Å². The van der Waals surface area contributed by atoms with Gasteiger partial charge in [0.1, 0.15) is 23.4 Å². The third kappa shape index (κ3) is 2.09. The second-order valence-electron chi connectivity index (χ2n) is 7.13. The van der Waals surface area contributed by atoms with Crippen LogP contribution in [0.1, 0.15) is 18.1 Å². The monoisotopic (exact) mass is 353 g/mol. The van der Waals surface area contributed by atoms with Crippen molar-refractivity contribution in [3.8, 4) is 6.07 Å². The summed E-state index contributed by atoms with van der Waals surface area (Å²) in [5, 5.41) is 11.9. The molecule has 0 fully saturated rings. The summed E-state index contributed by atoms with van der Waals surface area (Å²) >= 11 is 0. The second-order valence-corrected chi connectivity index (χ2v) is 7.13. The van der Waals surface area contributed by atoms with Crippen molar-refractivity contribution >= 4 is 39.0 Å². The number of fused-ring (bicyclic) bond motifs is 4. The standard InChI is InChI=1S/C23H19N3O/c1-14-11-18-17-8-4-5-10-21(17)27-22(18)12-20(14)26-15(2)25(3)19-9-6-7-16(13-24)23(19)26/h4-12,15H,1-3H3/t15-/m0/s1. The van der Waals surface area contributed by atoms with Crippen molar-refractivity contribution in [1.29, 1.82) is 5.26 Å². The number of nitrogens with zero attached hydrogens (tertiary/aromatic N) is 3. The second kappa shape index (κ2) is 5.52. The average Bonchev–Trinajstić information content (AvgIpc) is 3.16. The third-order valence-corrected chi connectivity index (χ3v) is 5.65. The Morgan fingerprint density at radius 2 is 1.78 bits per heavy atom. The summed E-state index contributed by atoms with van der Waals surface area (Å²) in [7, 11) is 2.07. The highest BCUT2D eigenvalue weighted by Crippen LogP contribution is 2.47. The molecule has 1 atom stereocenters. The van der Waals surface area contributed by atoms with Crippen molar-refractivity contribution in [2.75, 3.05) is 16.8 Å². The van der Waals surface area contributed by atoms with E-state index >= 15 is 0 Å². The van der Waals surface area contributed by atoms with E-state index in [9.17, 15) is 5.26 Å². The highest BCUT2D eigenvalue weighted by molar-refractivity contribution is 6.06. The summed E-state index contributed by atoms with van der Waals surface area (Å²) < 4.78 is 6.11. The van der Waals surface area contributed by atoms with Gasteiger partial charge in [-0.05, 0) is 43.7 Å². The van der Waals surface area contributed by atoms with Crippen LogP contribution in [0.3, 0.4) is 0 Å². The SMILES string of the molecule is Cc1cc2c(cc1N1c3c(C#N)cccc3N(C)[C@@H]1C)oc1ccccc12. The van der Waals surface area contributed by atoms with Crippen LogP contribution in [0.15, 0.2) is 59.0 Å². The Morgan fingerprint density at radius 1 is 0.963 bits per heavy atom. The molecule has 0 saturated heterocycles. The van der Waals surface area contributed by atoms with Crippen LogP contribution < -0.4 is 9.80 Å². The normalized spacial score (nSPS) is 16.1. The molecule has 5 rings (SSSR count). The summed E-state index contributed by atoms with van der Waals surface area (Å²) in [6.07, 6.45) is 0.107. The first-order valence-electron chi connectivity index (χ1n) is 9.07. The molecule has 0 radical (unpaired) electrons. The first-order chi connectivity index (χ1) is 13.1. The number of anilines is 3. The van der Waals surface area contributed by atoms with E-state index in [-0.39, 0.29) is 6.17 Å². The Bertz CT molecular complexity index is 1250. The molecule has 0 N–H and O–H groups in total. The maximum Gasteiger partial charge on any atom is 0.137 e. The molecule has 0 aliphatic carbocycles. The van der Waals surface area contributed by atoms with Gasteiger partial charge in [-0.3, -0.25) is 0 Å². The van der Waals surface area contributed by atoms with E-state index < -0.39 is 0 Å². The van der Waals surface area contributed by atoms with E-state index in [0.29, 0.717) is 5.56 Å². The highest BCUT2D eigenvalue weighted by Gasteiger charge is 2.34. The molecule has 1 aromatic heterocycles. The van der Waals surface area contributed by atoms with E-state index in [1.807, 2.05) is 30.3 Å². The summed E-state index contributed by atoms with van der Waals surface area (Å²) in [6, 6.07) is 20.7. The van der Waals surface area contributed by atoms with Gasteiger partial charge in [0.15, 0.2) is 0 Å². The largest absolute Gasteiger partial charge is 0.456 e. The van der Waals surface area contributed by atoms with Crippen molar-refractivity contribution in [3.63, 3.8) is 0 Å². The number of aryl methyl sites for hydroxylation is 1. The van der Waals surface area contributed by atoms with Crippen LogP contribution in [-0.2, 0) is 0 Å². The van der Waals surface area contributed by atoms with Gasteiger partial charge in [-0.1, -0.05) is 24.3 Å². The molecule has 27 heavy (non-hydrogen) atoms. The summed E-state index contributed by atoms with van der Waals surface area (Å²) in [5.41, 5.74) is 6.73. The van der Waals surface area contributed by atoms with Crippen molar-refractivity contribution in [1.82, 2.24) is 0 Å². The maximum atomic E-state index is 9.66. The predicted octanol–water partition coefficient (Wildman–Crippen LogP) is 5.70. The zero-order valence-electron chi connectivity index (χ0n) is 15.5. The van der Waals surface area contributed by atoms with Crippen LogP contribution in [0.25, 0.3) is 21.9 Å². The number of para-hydroxylation sites is 2. The quantitative estimate of drug-likeness (QED) is 0.440. The molecule has 0 bridgehead atoms. The number of nitriles is 1. The lowest BCUT2D eigenvalue weighted by Gasteiger charge is -2.29. The molecule has 0 saturated carbocycles. The topological polar surface area (TPSA) is 43.4 Å². The van der Waals surface area contributed by atoms with Gasteiger partial charge in [0, 0.05) is 29.6 Å². The molecule has 132 valence electrons. The number of furan rings is 1. The molecule has 4 nitrogen and oxygen atoms in total. The molecule has 2 heterocycles. The molecule has 0 amide bonds. The highest BCUT2D eigenvalue weighted by atomic mass is 16.3. The first kappa shape index (κ1) is 15.8. The number of benzene rings is 3. The number of rotatable bonds is 1. The predicted molar refractivity (Wildman–Crippen MR) is 110 cm³/mol. The molecule has 1 aliphatic heterocycles. The lowest BCUT2D eigenvalue weighted by Crippen LogP contribution is -2.36. The van der Waals surface area contributed by atoms with Crippen LogP contribution in [-0.4, -0.2) is 13.2 Å². The van der Waals surface area contributed by atoms with E-state index in [4.69, 9.17) is 4.42 Å². The van der Waals surface area contributed by atoms with Crippen LogP contribution >= 0.6 is 0 Å². The molecule has 0 spiro atoms. The molecular weight excluding hydrogens is 334 g/mol. The third-order valence-electron chi connectivity index (χ3n) is 5.65. The first-order valence-corrected chi connectivity index (χ1v) is 9.07. The Kier molecular flexibility index (Phi) is 3.23. The van der Waals surface area contributed by atoms with Crippen LogP contribution in [0.4, 0.5) is 17.1 Å². The number of hydrogen-bond donors (Lipinski definition) is 0. The fourth-order valence-corrected chi connectivity index (χ4v) is 4.17. The Balaban J connectivity index is 1.78. The summed E-state index contributed by atoms with van der Waals surface area (Å²) in [5.74, 6) is 0. The van der Waals surface area contributed by atoms with Gasteiger partial charge in [0.2, 0.25) is 0 Å². The van der Waals surface area contributed by atoms with Crippen LogP contribution in [0.5, 0.6) is 0 Å². The summed E-state index contributed by atoms with van der Waals surface area (Å²) in [4.78, 5) is 4.45. The van der Waals surface area contributed by atoms with Crippen LogP contribution in [0, 0.1) is 18.3 Å². The Morgan fingerprint density at radius 3 is 2.59 bits per heavy atom. The van der Waals surface area contributed by atoms with Crippen molar-refractivity contribution in [2.45, 2.75) is 20.0 Å². The molecule has 0 unspecified atom stereocenters. The van der Waals surface area contributed by atoms with Crippen molar-refractivity contribution < 1.29 is 4.42 Å². The minimum Gasteiger partial charge on any atom is -0.456 e. The molecule has 1 aliphatic rings. The van der Waals surface area contributed by atoms with E-state index in [2.05, 4.69) is 61.0 Å².